The summed E-state index contributed by atoms with van der Waals surface area (Å²) in [6, 6.07) is 12.0. The zero-order valence-electron chi connectivity index (χ0n) is 16.1. The molecule has 1 aliphatic rings. The van der Waals surface area contributed by atoms with Gasteiger partial charge in [-0.05, 0) is 50.1 Å². The fourth-order valence-corrected chi connectivity index (χ4v) is 3.40. The van der Waals surface area contributed by atoms with Gasteiger partial charge in [0.1, 0.15) is 0 Å². The molecule has 3 heterocycles. The molecule has 28 heavy (non-hydrogen) atoms. The highest BCUT2D eigenvalue weighted by Crippen LogP contribution is 2.25. The van der Waals surface area contributed by atoms with Crippen molar-refractivity contribution in [3.8, 4) is 11.1 Å². The maximum absolute atomic E-state index is 12.6. The summed E-state index contributed by atoms with van der Waals surface area (Å²) >= 11 is 0. The molecule has 144 valence electrons. The lowest BCUT2D eigenvalue weighted by Gasteiger charge is -2.16. The van der Waals surface area contributed by atoms with E-state index in [0.29, 0.717) is 12.6 Å². The molecule has 1 fully saturated rings. The van der Waals surface area contributed by atoms with Gasteiger partial charge in [0.15, 0.2) is 5.82 Å². The molecule has 7 nitrogen and oxygen atoms in total. The Morgan fingerprint density at radius 3 is 2.68 bits per heavy atom. The monoisotopic (exact) mass is 376 g/mol. The average Bonchev–Trinajstić information content (AvgIpc) is 3.39. The summed E-state index contributed by atoms with van der Waals surface area (Å²) in [6.07, 6.45) is 6.38. The molecule has 1 aliphatic heterocycles. The SMILES string of the molecule is CC(C)n1cc(-c2ccc(NC(=O)C3CCN(c4cccnn4)C3)cc2)cn1. The second-order valence-electron chi connectivity index (χ2n) is 7.38. The fourth-order valence-electron chi connectivity index (χ4n) is 3.40. The molecule has 1 unspecified atom stereocenters. The van der Waals surface area contributed by atoms with Crippen molar-refractivity contribution in [2.75, 3.05) is 23.3 Å². The molecule has 3 aromatic rings. The van der Waals surface area contributed by atoms with E-state index < -0.39 is 0 Å². The molecule has 1 N–H and O–H groups in total. The lowest BCUT2D eigenvalue weighted by atomic mass is 10.1. The normalized spacial score (nSPS) is 16.5. The zero-order valence-corrected chi connectivity index (χ0v) is 16.1. The molecular weight excluding hydrogens is 352 g/mol. The average molecular weight is 376 g/mol. The van der Waals surface area contributed by atoms with Gasteiger partial charge in [0, 0.05) is 42.8 Å². The van der Waals surface area contributed by atoms with Crippen molar-refractivity contribution in [3.63, 3.8) is 0 Å². The van der Waals surface area contributed by atoms with Gasteiger partial charge in [-0.15, -0.1) is 5.10 Å². The number of carbonyl (C=O) groups is 1. The molecule has 1 amide bonds. The van der Waals surface area contributed by atoms with E-state index in [1.165, 1.54) is 0 Å². The smallest absolute Gasteiger partial charge is 0.229 e. The van der Waals surface area contributed by atoms with Crippen molar-refractivity contribution in [2.24, 2.45) is 5.92 Å². The van der Waals surface area contributed by atoms with Crippen molar-refractivity contribution in [2.45, 2.75) is 26.3 Å². The summed E-state index contributed by atoms with van der Waals surface area (Å²) in [4.78, 5) is 14.7. The molecule has 7 heteroatoms. The van der Waals surface area contributed by atoms with Gasteiger partial charge >= 0.3 is 0 Å². The zero-order chi connectivity index (χ0) is 19.5. The standard InChI is InChI=1S/C21H24N6O/c1-15(2)27-14-18(12-23-27)16-5-7-19(8-6-16)24-21(28)17-9-11-26(13-17)20-4-3-10-22-25-20/h3-8,10,12,14-15,17H,9,11,13H2,1-2H3,(H,24,28). The van der Waals surface area contributed by atoms with Crippen LogP contribution in [0.4, 0.5) is 11.5 Å². The van der Waals surface area contributed by atoms with E-state index in [1.807, 2.05) is 53.5 Å². The number of rotatable bonds is 5. The lowest BCUT2D eigenvalue weighted by molar-refractivity contribution is -0.119. The van der Waals surface area contributed by atoms with Crippen molar-refractivity contribution < 1.29 is 4.79 Å². The van der Waals surface area contributed by atoms with Gasteiger partial charge in [0.25, 0.3) is 0 Å². The number of nitrogens with one attached hydrogen (secondary N) is 1. The quantitative estimate of drug-likeness (QED) is 0.739. The van der Waals surface area contributed by atoms with Crippen molar-refractivity contribution in [3.05, 3.63) is 55.0 Å². The predicted octanol–water partition coefficient (Wildman–Crippen LogP) is 3.39. The Bertz CT molecular complexity index is 935. The lowest BCUT2D eigenvalue weighted by Crippen LogP contribution is -2.27. The minimum Gasteiger partial charge on any atom is -0.354 e. The van der Waals surface area contributed by atoms with Crippen LogP contribution >= 0.6 is 0 Å². The number of nitrogens with zero attached hydrogens (tertiary/aromatic N) is 5. The molecule has 0 aliphatic carbocycles. The van der Waals surface area contributed by atoms with Gasteiger partial charge in [-0.2, -0.15) is 10.2 Å². The van der Waals surface area contributed by atoms with Crippen LogP contribution in [-0.4, -0.2) is 39.0 Å². The Kier molecular flexibility index (Phi) is 5.06. The fraction of sp³-hybridized carbons (Fsp3) is 0.333. The molecule has 0 bridgehead atoms. The van der Waals surface area contributed by atoms with Gasteiger partial charge in [-0.3, -0.25) is 9.48 Å². The van der Waals surface area contributed by atoms with Gasteiger partial charge in [0.05, 0.1) is 12.1 Å². The number of benzene rings is 1. The van der Waals surface area contributed by atoms with Crippen LogP contribution in [0.5, 0.6) is 0 Å². The van der Waals surface area contributed by atoms with E-state index in [2.05, 4.69) is 39.4 Å². The van der Waals surface area contributed by atoms with Gasteiger partial charge < -0.3 is 10.2 Å². The van der Waals surface area contributed by atoms with Gasteiger partial charge in [0.2, 0.25) is 5.91 Å². The number of aromatic nitrogens is 4. The highest BCUT2D eigenvalue weighted by molar-refractivity contribution is 5.93. The molecule has 4 rings (SSSR count). The number of anilines is 2. The van der Waals surface area contributed by atoms with Crippen LogP contribution in [0.15, 0.2) is 55.0 Å². The van der Waals surface area contributed by atoms with Crippen LogP contribution < -0.4 is 10.2 Å². The minimum absolute atomic E-state index is 0.0479. The molecule has 1 saturated heterocycles. The van der Waals surface area contributed by atoms with E-state index in [1.54, 1.807) is 6.20 Å². The van der Waals surface area contributed by atoms with Crippen LogP contribution in [0, 0.1) is 5.92 Å². The van der Waals surface area contributed by atoms with Crippen molar-refractivity contribution in [1.29, 1.82) is 0 Å². The summed E-state index contributed by atoms with van der Waals surface area (Å²) in [5.74, 6) is 0.821. The van der Waals surface area contributed by atoms with E-state index in [-0.39, 0.29) is 11.8 Å². The minimum atomic E-state index is -0.0500. The Morgan fingerprint density at radius 1 is 1.18 bits per heavy atom. The highest BCUT2D eigenvalue weighted by atomic mass is 16.1. The topological polar surface area (TPSA) is 75.9 Å². The molecule has 0 spiro atoms. The molecule has 1 atom stereocenters. The van der Waals surface area contributed by atoms with Crippen LogP contribution in [0.1, 0.15) is 26.3 Å². The Morgan fingerprint density at radius 2 is 2.00 bits per heavy atom. The molecule has 0 radical (unpaired) electrons. The second kappa shape index (κ2) is 7.80. The maximum atomic E-state index is 12.6. The third-order valence-corrected chi connectivity index (χ3v) is 5.06. The summed E-state index contributed by atoms with van der Waals surface area (Å²) < 4.78 is 1.94. The van der Waals surface area contributed by atoms with Crippen LogP contribution in [-0.2, 0) is 4.79 Å². The van der Waals surface area contributed by atoms with E-state index in [9.17, 15) is 4.79 Å². The Hall–Kier alpha value is -3.22. The molecule has 1 aromatic carbocycles. The van der Waals surface area contributed by atoms with E-state index in [0.717, 1.165) is 35.6 Å². The number of carbonyl (C=O) groups excluding carboxylic acids is 1. The van der Waals surface area contributed by atoms with Crippen LogP contribution in [0.25, 0.3) is 11.1 Å². The maximum Gasteiger partial charge on any atom is 0.229 e. The molecule has 0 saturated carbocycles. The van der Waals surface area contributed by atoms with Gasteiger partial charge in [-0.1, -0.05) is 12.1 Å². The third-order valence-electron chi connectivity index (χ3n) is 5.06. The second-order valence-corrected chi connectivity index (χ2v) is 7.38. The summed E-state index contributed by atoms with van der Waals surface area (Å²) in [6.45, 7) is 5.68. The molecule has 2 aromatic heterocycles. The number of amides is 1. The number of hydrogen-bond donors (Lipinski definition) is 1. The van der Waals surface area contributed by atoms with Gasteiger partial charge in [-0.25, -0.2) is 0 Å². The first kappa shape index (κ1) is 18.2. The summed E-state index contributed by atoms with van der Waals surface area (Å²) in [5.41, 5.74) is 2.96. The highest BCUT2D eigenvalue weighted by Gasteiger charge is 2.29. The van der Waals surface area contributed by atoms with Crippen molar-refractivity contribution in [1.82, 2.24) is 20.0 Å². The molecular formula is C21H24N6O. The Labute approximate surface area is 164 Å². The first-order valence-electron chi connectivity index (χ1n) is 9.58. The first-order chi connectivity index (χ1) is 13.6. The summed E-state index contributed by atoms with van der Waals surface area (Å²) in [7, 11) is 0. The van der Waals surface area contributed by atoms with Crippen LogP contribution in [0.3, 0.4) is 0 Å². The van der Waals surface area contributed by atoms with E-state index in [4.69, 9.17) is 0 Å². The number of hydrogen-bond acceptors (Lipinski definition) is 5. The Balaban J connectivity index is 1.37. The van der Waals surface area contributed by atoms with Crippen molar-refractivity contribution >= 4 is 17.4 Å². The summed E-state index contributed by atoms with van der Waals surface area (Å²) in [5, 5.41) is 15.5. The van der Waals surface area contributed by atoms with Crippen LogP contribution in [0.2, 0.25) is 0 Å². The van der Waals surface area contributed by atoms with E-state index >= 15 is 0 Å². The third kappa shape index (κ3) is 3.88. The predicted molar refractivity (Wildman–Crippen MR) is 109 cm³/mol. The first-order valence-corrected chi connectivity index (χ1v) is 9.58. The largest absolute Gasteiger partial charge is 0.354 e.